The van der Waals surface area contributed by atoms with Crippen molar-refractivity contribution < 1.29 is 0 Å². The van der Waals surface area contributed by atoms with Crippen LogP contribution in [0.5, 0.6) is 0 Å². The van der Waals surface area contributed by atoms with Crippen LogP contribution in [-0.4, -0.2) is 14.1 Å². The Labute approximate surface area is 137 Å². The lowest BCUT2D eigenvalue weighted by Gasteiger charge is -2.21. The average molecular weight is 374 g/mol. The van der Waals surface area contributed by atoms with Gasteiger partial charge in [-0.3, -0.25) is 0 Å². The van der Waals surface area contributed by atoms with E-state index in [4.69, 9.17) is 11.6 Å². The van der Waals surface area contributed by atoms with Crippen LogP contribution in [0.1, 0.15) is 23.4 Å². The van der Waals surface area contributed by atoms with E-state index in [1.54, 1.807) is 11.3 Å². The summed E-state index contributed by atoms with van der Waals surface area (Å²) in [6, 6.07) is 8.71. The number of halogens is 2. The summed E-state index contributed by atoms with van der Waals surface area (Å²) in [7, 11) is 4.02. The van der Waals surface area contributed by atoms with Crippen LogP contribution in [0.3, 0.4) is 0 Å². The molecule has 1 heterocycles. The fraction of sp³-hybridized carbons (Fsp3) is 0.333. The summed E-state index contributed by atoms with van der Waals surface area (Å²) in [4.78, 5) is 3.48. The summed E-state index contributed by atoms with van der Waals surface area (Å²) >= 11 is 11.7. The molecule has 0 saturated carbocycles. The fourth-order valence-electron chi connectivity index (χ4n) is 2.02. The molecule has 0 saturated heterocycles. The summed E-state index contributed by atoms with van der Waals surface area (Å²) in [6.07, 6.45) is 0. The van der Waals surface area contributed by atoms with Gasteiger partial charge in [-0.15, -0.1) is 11.3 Å². The number of hydrogen-bond acceptors (Lipinski definition) is 3. The summed E-state index contributed by atoms with van der Waals surface area (Å²) in [6.45, 7) is 2.98. The maximum atomic E-state index is 6.42. The van der Waals surface area contributed by atoms with E-state index in [1.165, 1.54) is 10.4 Å². The van der Waals surface area contributed by atoms with Crippen molar-refractivity contribution in [3.63, 3.8) is 0 Å². The van der Waals surface area contributed by atoms with Gasteiger partial charge in [0.2, 0.25) is 0 Å². The van der Waals surface area contributed by atoms with Crippen LogP contribution in [0, 0.1) is 0 Å². The predicted octanol–water partition coefficient (Wildman–Crippen LogP) is 5.08. The third-order valence-corrected chi connectivity index (χ3v) is 5.32. The second-order valence-electron chi connectivity index (χ2n) is 4.81. The number of thiophene rings is 1. The van der Waals surface area contributed by atoms with Crippen LogP contribution in [0.4, 0.5) is 5.69 Å². The minimum atomic E-state index is 0.306. The highest BCUT2D eigenvalue weighted by Gasteiger charge is 2.11. The molecule has 2 aromatic rings. The van der Waals surface area contributed by atoms with Gasteiger partial charge in [0.15, 0.2) is 0 Å². The van der Waals surface area contributed by atoms with Crippen LogP contribution in [-0.2, 0) is 6.54 Å². The van der Waals surface area contributed by atoms with E-state index in [9.17, 15) is 0 Å². The lowest BCUT2D eigenvalue weighted by molar-refractivity contribution is 0.652. The van der Waals surface area contributed by atoms with Gasteiger partial charge in [-0.2, -0.15) is 0 Å². The standard InChI is InChI=1S/C15H18BrClN2S/c1-10(18-2)11-4-5-15(14(17)6-11)19(3)8-13-7-12(16)9-20-13/h4-7,9-10,18H,8H2,1-3H3. The number of nitrogens with one attached hydrogen (secondary N) is 1. The number of nitrogens with zero attached hydrogens (tertiary/aromatic N) is 1. The van der Waals surface area contributed by atoms with E-state index in [1.807, 2.05) is 13.1 Å². The molecule has 0 aliphatic rings. The molecule has 108 valence electrons. The Bertz CT molecular complexity index is 585. The topological polar surface area (TPSA) is 15.3 Å². The molecule has 0 radical (unpaired) electrons. The largest absolute Gasteiger partial charge is 0.368 e. The van der Waals surface area contributed by atoms with E-state index in [-0.39, 0.29) is 0 Å². The molecule has 0 spiro atoms. The molecule has 0 aliphatic carbocycles. The molecule has 1 N–H and O–H groups in total. The van der Waals surface area contributed by atoms with Gasteiger partial charge in [0, 0.05) is 27.8 Å². The summed E-state index contributed by atoms with van der Waals surface area (Å²) < 4.78 is 1.13. The molecule has 1 aromatic heterocycles. The second-order valence-corrected chi connectivity index (χ2v) is 7.13. The van der Waals surface area contributed by atoms with Crippen LogP contribution < -0.4 is 10.2 Å². The Morgan fingerprint density at radius 1 is 1.40 bits per heavy atom. The molecular formula is C15H18BrClN2S. The Balaban J connectivity index is 2.15. The molecule has 0 amide bonds. The van der Waals surface area contributed by atoms with Gasteiger partial charge in [0.05, 0.1) is 17.3 Å². The quantitative estimate of drug-likeness (QED) is 0.786. The predicted molar refractivity (Wildman–Crippen MR) is 93.1 cm³/mol. The van der Waals surface area contributed by atoms with Crippen molar-refractivity contribution in [2.75, 3.05) is 19.0 Å². The zero-order valence-electron chi connectivity index (χ0n) is 11.8. The van der Waals surface area contributed by atoms with E-state index in [2.05, 4.69) is 63.7 Å². The van der Waals surface area contributed by atoms with Crippen LogP contribution in [0.2, 0.25) is 5.02 Å². The molecule has 5 heteroatoms. The summed E-state index contributed by atoms with van der Waals surface area (Å²) in [5, 5.41) is 6.12. The maximum Gasteiger partial charge on any atom is 0.0642 e. The van der Waals surface area contributed by atoms with Gasteiger partial charge in [-0.05, 0) is 53.7 Å². The van der Waals surface area contributed by atoms with E-state index < -0.39 is 0 Å². The van der Waals surface area contributed by atoms with Gasteiger partial charge < -0.3 is 10.2 Å². The maximum absolute atomic E-state index is 6.42. The van der Waals surface area contributed by atoms with Gasteiger partial charge >= 0.3 is 0 Å². The van der Waals surface area contributed by atoms with Crippen LogP contribution in [0.15, 0.2) is 34.1 Å². The van der Waals surface area contributed by atoms with Crippen molar-refractivity contribution in [3.8, 4) is 0 Å². The smallest absolute Gasteiger partial charge is 0.0642 e. The molecule has 0 fully saturated rings. The number of rotatable bonds is 5. The second kappa shape index (κ2) is 6.94. The van der Waals surface area contributed by atoms with Crippen molar-refractivity contribution in [1.29, 1.82) is 0 Å². The first-order valence-corrected chi connectivity index (χ1v) is 8.47. The monoisotopic (exact) mass is 372 g/mol. The minimum Gasteiger partial charge on any atom is -0.368 e. The molecule has 2 nitrogen and oxygen atoms in total. The SMILES string of the molecule is CNC(C)c1ccc(N(C)Cc2cc(Br)cs2)c(Cl)c1. The fourth-order valence-corrected chi connectivity index (χ4v) is 3.86. The minimum absolute atomic E-state index is 0.306. The number of anilines is 1. The first kappa shape index (κ1) is 15.8. The molecule has 0 bridgehead atoms. The van der Waals surface area contributed by atoms with Gasteiger partial charge in [0.25, 0.3) is 0 Å². The highest BCUT2D eigenvalue weighted by Crippen LogP contribution is 2.30. The van der Waals surface area contributed by atoms with Crippen molar-refractivity contribution >= 4 is 44.6 Å². The van der Waals surface area contributed by atoms with Gasteiger partial charge in [-0.1, -0.05) is 17.7 Å². The van der Waals surface area contributed by atoms with E-state index in [0.29, 0.717) is 6.04 Å². The van der Waals surface area contributed by atoms with E-state index >= 15 is 0 Å². The van der Waals surface area contributed by atoms with Crippen molar-refractivity contribution in [3.05, 3.63) is 49.6 Å². The Kier molecular flexibility index (Phi) is 5.49. The van der Waals surface area contributed by atoms with Crippen molar-refractivity contribution in [2.24, 2.45) is 0 Å². The molecular weight excluding hydrogens is 356 g/mol. The highest BCUT2D eigenvalue weighted by atomic mass is 79.9. The van der Waals surface area contributed by atoms with Crippen LogP contribution in [0.25, 0.3) is 0 Å². The third-order valence-electron chi connectivity index (χ3n) is 3.33. The lowest BCUT2D eigenvalue weighted by Crippen LogP contribution is -2.17. The molecule has 2 rings (SSSR count). The molecule has 0 aliphatic heterocycles. The van der Waals surface area contributed by atoms with Crippen molar-refractivity contribution in [2.45, 2.75) is 19.5 Å². The average Bonchev–Trinajstić information content (AvgIpc) is 2.82. The van der Waals surface area contributed by atoms with Crippen LogP contribution >= 0.6 is 38.9 Å². The van der Waals surface area contributed by atoms with Crippen molar-refractivity contribution in [1.82, 2.24) is 5.32 Å². The highest BCUT2D eigenvalue weighted by molar-refractivity contribution is 9.10. The normalized spacial score (nSPS) is 12.4. The number of benzene rings is 1. The Hall–Kier alpha value is -0.550. The molecule has 1 atom stereocenters. The third kappa shape index (κ3) is 3.76. The van der Waals surface area contributed by atoms with Gasteiger partial charge in [-0.25, -0.2) is 0 Å². The first-order chi connectivity index (χ1) is 9.51. The first-order valence-electron chi connectivity index (χ1n) is 6.42. The number of hydrogen-bond donors (Lipinski definition) is 1. The van der Waals surface area contributed by atoms with E-state index in [0.717, 1.165) is 21.7 Å². The lowest BCUT2D eigenvalue weighted by atomic mass is 10.1. The summed E-state index contributed by atoms with van der Waals surface area (Å²) in [5.41, 5.74) is 2.26. The molecule has 1 unspecified atom stereocenters. The van der Waals surface area contributed by atoms with Gasteiger partial charge in [0.1, 0.15) is 0 Å². The zero-order valence-corrected chi connectivity index (χ0v) is 14.9. The Morgan fingerprint density at radius 3 is 2.70 bits per heavy atom. The summed E-state index contributed by atoms with van der Waals surface area (Å²) in [5.74, 6) is 0. The molecule has 1 aromatic carbocycles. The molecule has 20 heavy (non-hydrogen) atoms. The Morgan fingerprint density at radius 2 is 2.15 bits per heavy atom. The zero-order chi connectivity index (χ0) is 14.7.